The Morgan fingerprint density at radius 2 is 0.593 bits per heavy atom. The van der Waals surface area contributed by atoms with Crippen LogP contribution >= 0.6 is 115 Å². The number of fused-ring (bicyclic) bond motifs is 5. The first kappa shape index (κ1) is 83.4. The highest BCUT2D eigenvalue weighted by Gasteiger charge is 2.27. The molecular weight excluding hydrogens is 1850 g/mol. The predicted molar refractivity (Wildman–Crippen MR) is 442 cm³/mol. The number of nitrogens with zero attached hydrogens (tertiary/aromatic N) is 25. The van der Waals surface area contributed by atoms with Crippen molar-refractivity contribution in [1.82, 2.24) is 97.6 Å². The third-order valence-electron chi connectivity index (χ3n) is 17.9. The van der Waals surface area contributed by atoms with Gasteiger partial charge in [0, 0.05) is 47.2 Å². The van der Waals surface area contributed by atoms with Crippen LogP contribution in [-0.2, 0) is 32.7 Å². The molecule has 15 aromatic heterocycles. The van der Waals surface area contributed by atoms with Crippen LogP contribution in [0.2, 0.25) is 10.3 Å². The maximum absolute atomic E-state index is 12.3. The van der Waals surface area contributed by atoms with Crippen LogP contribution in [0.5, 0.6) is 11.5 Å². The van der Waals surface area contributed by atoms with Crippen LogP contribution in [-0.4, -0.2) is 118 Å². The van der Waals surface area contributed by atoms with E-state index in [0.717, 1.165) is 93.1 Å². The molecule has 0 aliphatic rings. The van der Waals surface area contributed by atoms with E-state index in [2.05, 4.69) is 154 Å². The van der Waals surface area contributed by atoms with E-state index in [1.807, 2.05) is 75.5 Å². The fraction of sp³-hybridized carbons (Fsp3) is 0.265. The standard InChI is InChI=1S/C14H15BrN6O2.C14H15BrN6OS.C14H15ClN6O2.C13H12Br2N6O.C13H12BrClN6O/c3*1-7-4-21(22)9(8(2)11(7)23-3)5-20-6-17-10-12(15)18-14(16)19-13(10)20;2*1-6-3-21(22)8(7(2)9(6)14)4-20-5-17-10-11(15)18-13(16)19-12(10)20/h3*4,6H,5H2,1-3H3,(H2,16,18,19);2*3,5H,4H2,1-2H3,(H2,16,18,19). The van der Waals surface area contributed by atoms with Crippen LogP contribution < -0.4 is 61.8 Å². The summed E-state index contributed by atoms with van der Waals surface area (Å²) in [6.07, 6.45) is 17.7. The summed E-state index contributed by atoms with van der Waals surface area (Å²) in [5.41, 5.74) is 45.3. The van der Waals surface area contributed by atoms with E-state index in [4.69, 9.17) is 61.3 Å². The molecule has 0 aliphatic heterocycles. The molecule has 0 fully saturated rings. The summed E-state index contributed by atoms with van der Waals surface area (Å²) in [4.78, 5) is 63.1. The van der Waals surface area contributed by atoms with Gasteiger partial charge in [-0.25, -0.2) is 39.9 Å². The van der Waals surface area contributed by atoms with Crippen LogP contribution in [0.25, 0.3) is 55.8 Å². The normalized spacial score (nSPS) is 11.2. The molecule has 0 bridgehead atoms. The Morgan fingerprint density at radius 1 is 0.354 bits per heavy atom. The summed E-state index contributed by atoms with van der Waals surface area (Å²) in [6, 6.07) is 0. The zero-order valence-electron chi connectivity index (χ0n) is 62.3. The number of aromatic nitrogens is 25. The summed E-state index contributed by atoms with van der Waals surface area (Å²) >= 11 is 30.6. The number of imidazole rings is 5. The molecular formula is C68H69Br5Cl2N30O7S. The summed E-state index contributed by atoms with van der Waals surface area (Å²) in [6.45, 7) is 20.4. The van der Waals surface area contributed by atoms with E-state index in [1.165, 1.54) is 18.6 Å². The summed E-state index contributed by atoms with van der Waals surface area (Å²) in [5, 5.41) is 61.7. The SMILES string of the molecule is COc1c(C)c[n+]([O-])c(Cn2cnc3c(Br)nc(N)nc32)c1C.COc1c(C)c[n+]([O-])c(Cn2cnc3c(Cl)nc(N)nc32)c1C.CSc1c(C)c[n+]([O-])c(Cn2cnc3c(Br)nc(N)nc32)c1C.Cc1c[n+]([O-])c(Cn2cnc3c(Br)nc(N)nc32)c(C)c1Br.Cc1c[n+]([O-])c(Cn2cnc3c(Cl)nc(N)nc32)c(C)c1Br. The second kappa shape index (κ2) is 34.4. The largest absolute Gasteiger partial charge is 0.618 e. The van der Waals surface area contributed by atoms with E-state index in [9.17, 15) is 26.0 Å². The van der Waals surface area contributed by atoms with Crippen molar-refractivity contribution in [3.05, 3.63) is 206 Å². The van der Waals surface area contributed by atoms with Crippen molar-refractivity contribution in [3.63, 3.8) is 0 Å². The van der Waals surface area contributed by atoms with E-state index in [0.29, 0.717) is 136 Å². The van der Waals surface area contributed by atoms with Gasteiger partial charge in [0.2, 0.25) is 58.2 Å². The molecule has 15 aromatic rings. The number of rotatable bonds is 13. The lowest BCUT2D eigenvalue weighted by Gasteiger charge is -2.13. The second-order valence-corrected chi connectivity index (χ2v) is 30.7. The smallest absolute Gasteiger partial charge is 0.223 e. The van der Waals surface area contributed by atoms with Crippen molar-refractivity contribution >= 4 is 200 Å². The summed E-state index contributed by atoms with van der Waals surface area (Å²) in [7, 11) is 3.17. The minimum absolute atomic E-state index is 0.0532. The Labute approximate surface area is 698 Å². The van der Waals surface area contributed by atoms with Crippen molar-refractivity contribution < 1.29 is 33.1 Å². The number of ether oxygens (including phenoxy) is 2. The third-order valence-corrected chi connectivity index (χ3v) is 23.6. The second-order valence-electron chi connectivity index (χ2n) is 25.4. The van der Waals surface area contributed by atoms with Crippen molar-refractivity contribution in [2.45, 2.75) is 107 Å². The van der Waals surface area contributed by atoms with Gasteiger partial charge in [0.1, 0.15) is 85.6 Å². The highest BCUT2D eigenvalue weighted by Crippen LogP contribution is 2.32. The maximum atomic E-state index is 12.3. The number of methoxy groups -OCH3 is 2. The Morgan fingerprint density at radius 3 is 0.876 bits per heavy atom. The summed E-state index contributed by atoms with van der Waals surface area (Å²) in [5.74, 6) is 1.95. The number of nitrogens with two attached hydrogens (primary N) is 5. The van der Waals surface area contributed by atoms with Gasteiger partial charge in [-0.1, -0.05) is 23.2 Å². The first-order valence-electron chi connectivity index (χ1n) is 33.3. The molecule has 0 amide bonds. The van der Waals surface area contributed by atoms with Gasteiger partial charge in [-0.15, -0.1) is 11.8 Å². The van der Waals surface area contributed by atoms with E-state index in [1.54, 1.807) is 92.8 Å². The number of hydrogen-bond donors (Lipinski definition) is 5. The van der Waals surface area contributed by atoms with Gasteiger partial charge in [0.25, 0.3) is 0 Å². The highest BCUT2D eigenvalue weighted by molar-refractivity contribution is 9.11. The van der Waals surface area contributed by atoms with Gasteiger partial charge in [-0.2, -0.15) is 58.5 Å². The lowest BCUT2D eigenvalue weighted by atomic mass is 10.1. The monoisotopic (exact) mass is 1910 g/mol. The first-order valence-corrected chi connectivity index (χ1v) is 39.2. The van der Waals surface area contributed by atoms with E-state index >= 15 is 0 Å². The molecule has 0 saturated heterocycles. The number of aryl methyl sites for hydroxylation is 5. The Balaban J connectivity index is 0.000000139. The highest BCUT2D eigenvalue weighted by atomic mass is 79.9. The molecule has 0 radical (unpaired) electrons. The molecule has 0 aliphatic carbocycles. The summed E-state index contributed by atoms with van der Waals surface area (Å²) < 4.78 is 27.2. The van der Waals surface area contributed by atoms with Gasteiger partial charge in [0.15, 0.2) is 69.5 Å². The van der Waals surface area contributed by atoms with Gasteiger partial charge in [0.05, 0.1) is 68.1 Å². The van der Waals surface area contributed by atoms with Crippen LogP contribution in [0.15, 0.2) is 90.3 Å². The Hall–Kier alpha value is -10.6. The van der Waals surface area contributed by atoms with Crippen LogP contribution in [0.3, 0.4) is 0 Å². The fourth-order valence-electron chi connectivity index (χ4n) is 12.4. The molecule has 45 heteroatoms. The molecule has 0 atom stereocenters. The lowest BCUT2D eigenvalue weighted by Crippen LogP contribution is -2.34. The average molecular weight is 1920 g/mol. The average Bonchev–Trinajstić information content (AvgIpc) is 1.68. The van der Waals surface area contributed by atoms with Crippen molar-refractivity contribution in [2.75, 3.05) is 49.1 Å². The van der Waals surface area contributed by atoms with E-state index < -0.39 is 0 Å². The molecule has 0 saturated carbocycles. The topological polar surface area (TPSA) is 501 Å². The molecule has 0 aromatic carbocycles. The minimum atomic E-state index is 0.0532. The fourth-order valence-corrected chi connectivity index (χ4v) is 15.7. The number of nitrogen functional groups attached to an aromatic ring is 5. The zero-order valence-corrected chi connectivity index (χ0v) is 72.5. The minimum Gasteiger partial charge on any atom is -0.618 e. The maximum Gasteiger partial charge on any atom is 0.223 e. The molecule has 113 heavy (non-hydrogen) atoms. The van der Waals surface area contributed by atoms with Gasteiger partial charge in [-0.3, -0.25) is 0 Å². The van der Waals surface area contributed by atoms with Crippen molar-refractivity contribution in [2.24, 2.45) is 0 Å². The number of thioether (sulfide) groups is 1. The van der Waals surface area contributed by atoms with Crippen molar-refractivity contribution in [1.29, 1.82) is 0 Å². The molecule has 588 valence electrons. The zero-order chi connectivity index (χ0) is 82.2. The number of anilines is 5. The van der Waals surface area contributed by atoms with Crippen molar-refractivity contribution in [3.8, 4) is 11.5 Å². The number of hydrogen-bond acceptors (Lipinski definition) is 28. The van der Waals surface area contributed by atoms with Gasteiger partial charge < -0.3 is 87.0 Å². The molecule has 0 unspecified atom stereocenters. The number of pyridine rings is 5. The number of halogens is 7. The first-order chi connectivity index (χ1) is 53.5. The van der Waals surface area contributed by atoms with Gasteiger partial charge >= 0.3 is 0 Å². The molecule has 15 heterocycles. The molecule has 37 nitrogen and oxygen atoms in total. The van der Waals surface area contributed by atoms with E-state index in [-0.39, 0.29) is 46.6 Å². The third kappa shape index (κ3) is 17.3. The molecule has 10 N–H and O–H groups in total. The molecule has 15 rings (SSSR count). The van der Waals surface area contributed by atoms with Crippen LogP contribution in [0.4, 0.5) is 29.7 Å². The molecule has 0 spiro atoms. The lowest BCUT2D eigenvalue weighted by molar-refractivity contribution is -0.615. The Kier molecular flexibility index (Phi) is 25.4. The predicted octanol–water partition coefficient (Wildman–Crippen LogP) is 9.39. The van der Waals surface area contributed by atoms with Crippen LogP contribution in [0, 0.1) is 95.3 Å². The Bertz CT molecular complexity index is 5740. The van der Waals surface area contributed by atoms with Gasteiger partial charge in [-0.05, 0) is 155 Å². The quantitative estimate of drug-likeness (QED) is 0.0310. The van der Waals surface area contributed by atoms with Crippen LogP contribution in [0.1, 0.15) is 84.1 Å².